The maximum atomic E-state index is 5.25. The monoisotopic (exact) mass is 251 g/mol. The second-order valence-electron chi connectivity index (χ2n) is 2.51. The molecule has 0 aliphatic heterocycles. The minimum Gasteiger partial charge on any atom is -0.384 e. The molecule has 0 aliphatic rings. The molecule has 0 amide bonds. The second kappa shape index (κ2) is 7.79. The molecule has 15 heavy (non-hydrogen) atoms. The molecule has 0 bridgehead atoms. The van der Waals surface area contributed by atoms with Crippen LogP contribution in [0.15, 0.2) is 48.8 Å². The Morgan fingerprint density at radius 1 is 0.733 bits per heavy atom. The van der Waals surface area contributed by atoms with Gasteiger partial charge in [-0.2, -0.15) is 0 Å². The zero-order valence-electron chi connectivity index (χ0n) is 7.97. The summed E-state index contributed by atoms with van der Waals surface area (Å²) >= 11 is 0. The fraction of sp³-hybridized carbons (Fsp3) is 0. The molecule has 2 aromatic heterocycles. The molecule has 4 nitrogen and oxygen atoms in total. The SMILES string of the molecule is Nc1ccccn1.Nc1ccccn1.[Cu]. The van der Waals surface area contributed by atoms with Gasteiger partial charge in [-0.3, -0.25) is 0 Å². The van der Waals surface area contributed by atoms with Crippen molar-refractivity contribution in [3.05, 3.63) is 48.8 Å². The first kappa shape index (κ1) is 13.4. The molecule has 0 aromatic carbocycles. The van der Waals surface area contributed by atoms with Crippen LogP contribution in [0.5, 0.6) is 0 Å². The van der Waals surface area contributed by atoms with Crippen LogP contribution in [0.3, 0.4) is 0 Å². The van der Waals surface area contributed by atoms with E-state index in [1.807, 2.05) is 24.3 Å². The molecule has 0 saturated carbocycles. The quantitative estimate of drug-likeness (QED) is 0.693. The zero-order chi connectivity index (χ0) is 10.2. The van der Waals surface area contributed by atoms with Gasteiger partial charge < -0.3 is 11.5 Å². The van der Waals surface area contributed by atoms with Crippen LogP contribution in [0.1, 0.15) is 0 Å². The van der Waals surface area contributed by atoms with E-state index in [0.29, 0.717) is 11.6 Å². The van der Waals surface area contributed by atoms with E-state index >= 15 is 0 Å². The molecule has 0 atom stereocenters. The Bertz CT molecular complexity index is 315. The third kappa shape index (κ3) is 6.48. The van der Waals surface area contributed by atoms with Gasteiger partial charge in [-0.1, -0.05) is 12.1 Å². The molecule has 2 aromatic rings. The van der Waals surface area contributed by atoms with Gasteiger partial charge >= 0.3 is 0 Å². The number of aromatic nitrogens is 2. The molecule has 83 valence electrons. The van der Waals surface area contributed by atoms with E-state index in [9.17, 15) is 0 Å². The van der Waals surface area contributed by atoms with E-state index in [0.717, 1.165) is 0 Å². The predicted octanol–water partition coefficient (Wildman–Crippen LogP) is 1.33. The first-order valence-corrected chi connectivity index (χ1v) is 4.12. The number of hydrogen-bond donors (Lipinski definition) is 2. The van der Waals surface area contributed by atoms with Gasteiger partial charge in [0.2, 0.25) is 0 Å². The van der Waals surface area contributed by atoms with Crippen LogP contribution in [0.2, 0.25) is 0 Å². The Morgan fingerprint density at radius 3 is 1.27 bits per heavy atom. The van der Waals surface area contributed by atoms with Crippen LogP contribution < -0.4 is 11.5 Å². The standard InChI is InChI=1S/2C5H6N2.Cu/c2*6-5-3-1-2-4-7-5;/h2*1-4H,(H2,6,7);. The minimum atomic E-state index is 0. The van der Waals surface area contributed by atoms with E-state index in [2.05, 4.69) is 9.97 Å². The van der Waals surface area contributed by atoms with Gasteiger partial charge in [-0.05, 0) is 24.3 Å². The van der Waals surface area contributed by atoms with Crippen molar-refractivity contribution < 1.29 is 17.1 Å². The summed E-state index contributed by atoms with van der Waals surface area (Å²) in [6.07, 6.45) is 3.32. The van der Waals surface area contributed by atoms with Crippen LogP contribution in [-0.4, -0.2) is 9.97 Å². The van der Waals surface area contributed by atoms with Crippen LogP contribution in [0.4, 0.5) is 11.6 Å². The average molecular weight is 252 g/mol. The molecule has 0 aliphatic carbocycles. The van der Waals surface area contributed by atoms with Crippen molar-refractivity contribution in [2.75, 3.05) is 11.5 Å². The Hall–Kier alpha value is -1.58. The van der Waals surface area contributed by atoms with Crippen molar-refractivity contribution in [2.45, 2.75) is 0 Å². The number of nitrogen functional groups attached to an aromatic ring is 2. The number of nitrogens with zero attached hydrogens (tertiary/aromatic N) is 2. The van der Waals surface area contributed by atoms with Gasteiger partial charge in [0.05, 0.1) is 0 Å². The maximum absolute atomic E-state index is 5.25. The van der Waals surface area contributed by atoms with Gasteiger partial charge in [-0.15, -0.1) is 0 Å². The molecule has 0 fully saturated rings. The summed E-state index contributed by atoms with van der Waals surface area (Å²) in [6, 6.07) is 10.9. The normalized spacial score (nSPS) is 8.00. The van der Waals surface area contributed by atoms with Gasteiger partial charge in [0, 0.05) is 29.5 Å². The van der Waals surface area contributed by atoms with E-state index in [1.165, 1.54) is 0 Å². The van der Waals surface area contributed by atoms with Gasteiger partial charge in [-0.25, -0.2) is 9.97 Å². The van der Waals surface area contributed by atoms with Crippen molar-refractivity contribution in [3.63, 3.8) is 0 Å². The van der Waals surface area contributed by atoms with E-state index < -0.39 is 0 Å². The Morgan fingerprint density at radius 2 is 1.13 bits per heavy atom. The molecule has 5 heteroatoms. The molecule has 4 N–H and O–H groups in total. The number of pyridine rings is 2. The van der Waals surface area contributed by atoms with Gasteiger partial charge in [0.1, 0.15) is 11.6 Å². The predicted molar refractivity (Wildman–Crippen MR) is 57.3 cm³/mol. The molecule has 0 saturated heterocycles. The first-order valence-electron chi connectivity index (χ1n) is 4.12. The van der Waals surface area contributed by atoms with Crippen LogP contribution in [-0.2, 0) is 17.1 Å². The molecule has 1 radical (unpaired) electrons. The third-order valence-corrected chi connectivity index (χ3v) is 1.38. The van der Waals surface area contributed by atoms with Gasteiger partial charge in [0.15, 0.2) is 0 Å². The fourth-order valence-corrected chi connectivity index (χ4v) is 0.752. The second-order valence-corrected chi connectivity index (χ2v) is 2.51. The summed E-state index contributed by atoms with van der Waals surface area (Å²) in [6.45, 7) is 0. The Balaban J connectivity index is 0.000000245. The number of hydrogen-bond acceptors (Lipinski definition) is 4. The summed E-state index contributed by atoms with van der Waals surface area (Å²) in [5.74, 6) is 1.14. The Labute approximate surface area is 99.2 Å². The third-order valence-electron chi connectivity index (χ3n) is 1.38. The first-order chi connectivity index (χ1) is 6.79. The van der Waals surface area contributed by atoms with Crippen LogP contribution >= 0.6 is 0 Å². The topological polar surface area (TPSA) is 77.8 Å². The largest absolute Gasteiger partial charge is 0.384 e. The van der Waals surface area contributed by atoms with Crippen molar-refractivity contribution in [1.29, 1.82) is 0 Å². The number of nitrogens with two attached hydrogens (primary N) is 2. The van der Waals surface area contributed by atoms with E-state index in [-0.39, 0.29) is 17.1 Å². The van der Waals surface area contributed by atoms with Gasteiger partial charge in [0.25, 0.3) is 0 Å². The summed E-state index contributed by atoms with van der Waals surface area (Å²) in [5.41, 5.74) is 10.5. The van der Waals surface area contributed by atoms with Crippen molar-refractivity contribution in [1.82, 2.24) is 9.97 Å². The molecule has 0 unspecified atom stereocenters. The number of rotatable bonds is 0. The molecule has 2 heterocycles. The fourth-order valence-electron chi connectivity index (χ4n) is 0.752. The van der Waals surface area contributed by atoms with Crippen LogP contribution in [0.25, 0.3) is 0 Å². The minimum absolute atomic E-state index is 0. The molecular formula is C10H12CuN4. The number of anilines is 2. The van der Waals surface area contributed by atoms with Crippen molar-refractivity contribution in [2.24, 2.45) is 0 Å². The van der Waals surface area contributed by atoms with Crippen molar-refractivity contribution >= 4 is 11.6 Å². The molecular weight excluding hydrogens is 240 g/mol. The smallest absolute Gasteiger partial charge is 0.123 e. The molecule has 2 rings (SSSR count). The maximum Gasteiger partial charge on any atom is 0.123 e. The average Bonchev–Trinajstić information content (AvgIpc) is 2.21. The molecule has 0 spiro atoms. The summed E-state index contributed by atoms with van der Waals surface area (Å²) < 4.78 is 0. The van der Waals surface area contributed by atoms with E-state index in [1.54, 1.807) is 24.5 Å². The summed E-state index contributed by atoms with van der Waals surface area (Å²) in [4.78, 5) is 7.51. The van der Waals surface area contributed by atoms with E-state index in [4.69, 9.17) is 11.5 Å². The zero-order valence-corrected chi connectivity index (χ0v) is 8.91. The van der Waals surface area contributed by atoms with Crippen molar-refractivity contribution in [3.8, 4) is 0 Å². The Kier molecular flexibility index (Phi) is 6.97. The summed E-state index contributed by atoms with van der Waals surface area (Å²) in [5, 5.41) is 0. The summed E-state index contributed by atoms with van der Waals surface area (Å²) in [7, 11) is 0. The van der Waals surface area contributed by atoms with Crippen LogP contribution in [0, 0.1) is 0 Å².